The monoisotopic (exact) mass is 374 g/mol. The number of fused-ring (bicyclic) bond motifs is 1. The van der Waals surface area contributed by atoms with E-state index in [2.05, 4.69) is 20.5 Å². The number of benzene rings is 2. The van der Waals surface area contributed by atoms with E-state index in [4.69, 9.17) is 9.15 Å². The Morgan fingerprint density at radius 3 is 2.71 bits per heavy atom. The first-order valence-electron chi connectivity index (χ1n) is 8.75. The lowest BCUT2D eigenvalue weighted by atomic mass is 10.3. The molecule has 0 saturated carbocycles. The normalized spacial score (nSPS) is 11.5. The molecule has 0 spiro atoms. The van der Waals surface area contributed by atoms with Crippen molar-refractivity contribution in [3.8, 4) is 5.75 Å². The third-order valence-electron chi connectivity index (χ3n) is 4.07. The predicted molar refractivity (Wildman–Crippen MR) is 105 cm³/mol. The van der Waals surface area contributed by atoms with Crippen LogP contribution < -0.4 is 10.2 Å². The summed E-state index contributed by atoms with van der Waals surface area (Å²) in [6.07, 6.45) is 0. The topological polar surface area (TPSA) is 92.5 Å². The van der Waals surface area contributed by atoms with Gasteiger partial charge < -0.3 is 14.1 Å². The molecule has 2 N–H and O–H groups in total. The molecule has 0 saturated heterocycles. The zero-order chi connectivity index (χ0) is 19.3. The Balaban J connectivity index is 1.38. The largest absolute Gasteiger partial charge is 0.486 e. The average Bonchev–Trinajstić information content (AvgIpc) is 3.38. The fourth-order valence-corrected chi connectivity index (χ4v) is 2.62. The van der Waals surface area contributed by atoms with Crippen LogP contribution in [-0.4, -0.2) is 21.6 Å². The van der Waals surface area contributed by atoms with Gasteiger partial charge in [-0.1, -0.05) is 30.3 Å². The molecule has 7 nitrogen and oxygen atoms in total. The SMILES string of the molecule is CC(=NNC(=O)c1ccc(COc2ccccc2)o1)c1nc2ccccc2[nH]1. The first-order valence-corrected chi connectivity index (χ1v) is 8.75. The van der Waals surface area contributed by atoms with E-state index >= 15 is 0 Å². The van der Waals surface area contributed by atoms with Gasteiger partial charge in [0, 0.05) is 0 Å². The zero-order valence-electron chi connectivity index (χ0n) is 15.2. The van der Waals surface area contributed by atoms with Gasteiger partial charge >= 0.3 is 5.91 Å². The summed E-state index contributed by atoms with van der Waals surface area (Å²) >= 11 is 0. The number of para-hydroxylation sites is 3. The number of imidazole rings is 1. The second kappa shape index (κ2) is 7.79. The minimum atomic E-state index is -0.443. The molecule has 0 aliphatic carbocycles. The van der Waals surface area contributed by atoms with Crippen LogP contribution in [0.1, 0.15) is 29.1 Å². The molecule has 4 aromatic rings. The number of hydrogen-bond acceptors (Lipinski definition) is 5. The molecule has 0 aliphatic heterocycles. The van der Waals surface area contributed by atoms with E-state index in [1.54, 1.807) is 19.1 Å². The molecule has 4 rings (SSSR count). The summed E-state index contributed by atoms with van der Waals surface area (Å²) in [6.45, 7) is 2.00. The summed E-state index contributed by atoms with van der Waals surface area (Å²) in [6, 6.07) is 20.4. The number of hydrazone groups is 1. The summed E-state index contributed by atoms with van der Waals surface area (Å²) in [5.41, 5.74) is 4.79. The molecule has 140 valence electrons. The van der Waals surface area contributed by atoms with E-state index in [1.165, 1.54) is 0 Å². The van der Waals surface area contributed by atoms with E-state index in [0.717, 1.165) is 16.8 Å². The van der Waals surface area contributed by atoms with Crippen molar-refractivity contribution in [2.75, 3.05) is 0 Å². The standard InChI is InChI=1S/C21H18N4O3/c1-14(20-22-17-9-5-6-10-18(17)23-20)24-25-21(26)19-12-11-16(28-19)13-27-15-7-3-2-4-8-15/h2-12H,13H2,1H3,(H,22,23)(H,25,26). The second-order valence-corrected chi connectivity index (χ2v) is 6.11. The van der Waals surface area contributed by atoms with Crippen molar-refractivity contribution in [3.63, 3.8) is 0 Å². The fourth-order valence-electron chi connectivity index (χ4n) is 2.62. The van der Waals surface area contributed by atoms with E-state index in [-0.39, 0.29) is 12.4 Å². The Hall–Kier alpha value is -3.87. The van der Waals surface area contributed by atoms with Gasteiger partial charge in [0.2, 0.25) is 0 Å². The molecule has 0 radical (unpaired) electrons. The summed E-state index contributed by atoms with van der Waals surface area (Å²) in [5.74, 6) is 1.59. The van der Waals surface area contributed by atoms with E-state index < -0.39 is 5.91 Å². The van der Waals surface area contributed by atoms with Gasteiger partial charge in [0.15, 0.2) is 11.6 Å². The van der Waals surface area contributed by atoms with Crippen molar-refractivity contribution < 1.29 is 13.9 Å². The smallest absolute Gasteiger partial charge is 0.307 e. The molecule has 2 aromatic heterocycles. The van der Waals surface area contributed by atoms with Crippen molar-refractivity contribution in [1.82, 2.24) is 15.4 Å². The number of aromatic amines is 1. The highest BCUT2D eigenvalue weighted by atomic mass is 16.5. The highest BCUT2D eigenvalue weighted by Crippen LogP contribution is 2.14. The highest BCUT2D eigenvalue weighted by Gasteiger charge is 2.12. The van der Waals surface area contributed by atoms with Gasteiger partial charge in [-0.2, -0.15) is 5.10 Å². The number of aromatic nitrogens is 2. The molecule has 0 atom stereocenters. The quantitative estimate of drug-likeness (QED) is 0.396. The van der Waals surface area contributed by atoms with Gasteiger partial charge in [-0.05, 0) is 43.3 Å². The van der Waals surface area contributed by atoms with Crippen LogP contribution in [0.2, 0.25) is 0 Å². The van der Waals surface area contributed by atoms with Crippen LogP contribution in [0.15, 0.2) is 76.2 Å². The van der Waals surface area contributed by atoms with Crippen LogP contribution in [0.4, 0.5) is 0 Å². The number of carbonyl (C=O) groups is 1. The van der Waals surface area contributed by atoms with Crippen LogP contribution in [0.25, 0.3) is 11.0 Å². The molecule has 0 fully saturated rings. The summed E-state index contributed by atoms with van der Waals surface area (Å²) in [7, 11) is 0. The Labute approximate surface area is 161 Å². The molecular formula is C21H18N4O3. The molecule has 1 amide bonds. The molecule has 0 bridgehead atoms. The minimum absolute atomic E-state index is 0.160. The maximum atomic E-state index is 12.3. The fraction of sp³-hybridized carbons (Fsp3) is 0.0952. The Morgan fingerprint density at radius 2 is 1.89 bits per heavy atom. The van der Waals surface area contributed by atoms with Crippen LogP contribution in [0.3, 0.4) is 0 Å². The van der Waals surface area contributed by atoms with Crippen molar-refractivity contribution in [3.05, 3.63) is 84.1 Å². The number of H-pyrrole nitrogens is 1. The predicted octanol–water partition coefficient (Wildman–Crippen LogP) is 3.89. The van der Waals surface area contributed by atoms with E-state index in [1.807, 2.05) is 54.6 Å². The number of carbonyl (C=O) groups excluding carboxylic acids is 1. The maximum absolute atomic E-state index is 12.3. The maximum Gasteiger partial charge on any atom is 0.307 e. The number of ether oxygens (including phenoxy) is 1. The molecule has 2 aromatic carbocycles. The van der Waals surface area contributed by atoms with Gasteiger partial charge in [0.25, 0.3) is 0 Å². The lowest BCUT2D eigenvalue weighted by molar-refractivity contribution is 0.0923. The van der Waals surface area contributed by atoms with Crippen molar-refractivity contribution in [1.29, 1.82) is 0 Å². The molecular weight excluding hydrogens is 356 g/mol. The first kappa shape index (κ1) is 17.5. The number of rotatable bonds is 6. The van der Waals surface area contributed by atoms with Gasteiger partial charge in [-0.3, -0.25) is 4.79 Å². The van der Waals surface area contributed by atoms with Crippen molar-refractivity contribution in [2.45, 2.75) is 13.5 Å². The van der Waals surface area contributed by atoms with E-state index in [9.17, 15) is 4.79 Å². The van der Waals surface area contributed by atoms with Gasteiger partial charge in [-0.15, -0.1) is 0 Å². The Bertz CT molecular complexity index is 1100. The van der Waals surface area contributed by atoms with Crippen LogP contribution in [-0.2, 0) is 6.61 Å². The van der Waals surface area contributed by atoms with Crippen LogP contribution in [0, 0.1) is 0 Å². The summed E-state index contributed by atoms with van der Waals surface area (Å²) < 4.78 is 11.1. The highest BCUT2D eigenvalue weighted by molar-refractivity contribution is 5.99. The van der Waals surface area contributed by atoms with Gasteiger partial charge in [0.1, 0.15) is 23.8 Å². The average molecular weight is 374 g/mol. The lowest BCUT2D eigenvalue weighted by Crippen LogP contribution is -2.19. The van der Waals surface area contributed by atoms with E-state index in [0.29, 0.717) is 17.3 Å². The summed E-state index contributed by atoms with van der Waals surface area (Å²) in [4.78, 5) is 19.9. The molecule has 0 unspecified atom stereocenters. The van der Waals surface area contributed by atoms with Crippen molar-refractivity contribution >= 4 is 22.7 Å². The molecule has 7 heteroatoms. The number of furan rings is 1. The molecule has 2 heterocycles. The number of amides is 1. The third kappa shape index (κ3) is 3.93. The first-order chi connectivity index (χ1) is 13.7. The van der Waals surface area contributed by atoms with Crippen LogP contribution in [0.5, 0.6) is 5.75 Å². The molecule has 28 heavy (non-hydrogen) atoms. The Morgan fingerprint density at radius 1 is 1.11 bits per heavy atom. The lowest BCUT2D eigenvalue weighted by Gasteiger charge is -2.03. The number of hydrogen-bond donors (Lipinski definition) is 2. The van der Waals surface area contributed by atoms with Gasteiger partial charge in [-0.25, -0.2) is 10.4 Å². The minimum Gasteiger partial charge on any atom is -0.486 e. The third-order valence-corrected chi connectivity index (χ3v) is 4.07. The van der Waals surface area contributed by atoms with Crippen LogP contribution >= 0.6 is 0 Å². The number of nitrogens with zero attached hydrogens (tertiary/aromatic N) is 2. The van der Waals surface area contributed by atoms with Crippen molar-refractivity contribution in [2.24, 2.45) is 5.10 Å². The summed E-state index contributed by atoms with van der Waals surface area (Å²) in [5, 5.41) is 4.10. The Kier molecular flexibility index (Phi) is 4.88. The second-order valence-electron chi connectivity index (χ2n) is 6.11. The number of nitrogens with one attached hydrogen (secondary N) is 2. The molecule has 0 aliphatic rings. The van der Waals surface area contributed by atoms with Gasteiger partial charge in [0.05, 0.1) is 11.0 Å². The zero-order valence-corrected chi connectivity index (χ0v) is 15.2.